The highest BCUT2D eigenvalue weighted by Crippen LogP contribution is 2.30. The molecule has 0 amide bonds. The standard InChI is InChI=1S/C20H26N2/c1-14-5-4-6-17(9-14)18-11-19(21)13-22(12-18)20-8-7-15(2)16(3)10-20/h4-10,18-19H,11-13,21H2,1-3H3. The summed E-state index contributed by atoms with van der Waals surface area (Å²) in [5.74, 6) is 0.519. The lowest BCUT2D eigenvalue weighted by atomic mass is 9.87. The Labute approximate surface area is 134 Å². The van der Waals surface area contributed by atoms with Gasteiger partial charge in [0.2, 0.25) is 0 Å². The average Bonchev–Trinajstić information content (AvgIpc) is 2.49. The maximum absolute atomic E-state index is 6.35. The highest BCUT2D eigenvalue weighted by Gasteiger charge is 2.26. The fraction of sp³-hybridized carbons (Fsp3) is 0.400. The van der Waals surface area contributed by atoms with Gasteiger partial charge in [-0.15, -0.1) is 0 Å². The molecule has 1 fully saturated rings. The van der Waals surface area contributed by atoms with E-state index < -0.39 is 0 Å². The smallest absolute Gasteiger partial charge is 0.0369 e. The number of benzene rings is 2. The number of hydrogen-bond donors (Lipinski definition) is 1. The Morgan fingerprint density at radius 1 is 0.955 bits per heavy atom. The van der Waals surface area contributed by atoms with E-state index in [1.807, 2.05) is 0 Å². The quantitative estimate of drug-likeness (QED) is 0.909. The van der Waals surface area contributed by atoms with Gasteiger partial charge >= 0.3 is 0 Å². The molecule has 1 aliphatic heterocycles. The molecule has 1 saturated heterocycles. The predicted molar refractivity (Wildman–Crippen MR) is 94.6 cm³/mol. The predicted octanol–water partition coefficient (Wildman–Crippen LogP) is 3.93. The molecule has 116 valence electrons. The SMILES string of the molecule is Cc1cccc(C2CC(N)CN(c3ccc(C)c(C)c3)C2)c1. The zero-order chi connectivity index (χ0) is 15.7. The number of nitrogens with two attached hydrogens (primary N) is 1. The normalized spacial score (nSPS) is 21.9. The third-order valence-electron chi connectivity index (χ3n) is 4.85. The van der Waals surface area contributed by atoms with Crippen molar-refractivity contribution >= 4 is 5.69 Å². The Hall–Kier alpha value is -1.80. The largest absolute Gasteiger partial charge is 0.369 e. The van der Waals surface area contributed by atoms with E-state index in [0.29, 0.717) is 5.92 Å². The maximum atomic E-state index is 6.35. The van der Waals surface area contributed by atoms with Gasteiger partial charge in [0.25, 0.3) is 0 Å². The van der Waals surface area contributed by atoms with Crippen molar-refractivity contribution in [1.82, 2.24) is 0 Å². The molecule has 0 aliphatic carbocycles. The maximum Gasteiger partial charge on any atom is 0.0369 e. The van der Waals surface area contributed by atoms with Gasteiger partial charge in [0.1, 0.15) is 0 Å². The summed E-state index contributed by atoms with van der Waals surface area (Å²) in [5, 5.41) is 0. The number of nitrogens with zero attached hydrogens (tertiary/aromatic N) is 1. The molecule has 2 unspecified atom stereocenters. The minimum atomic E-state index is 0.237. The van der Waals surface area contributed by atoms with E-state index in [0.717, 1.165) is 19.5 Å². The fourth-order valence-electron chi connectivity index (χ4n) is 3.44. The Morgan fingerprint density at radius 3 is 2.50 bits per heavy atom. The molecule has 2 nitrogen and oxygen atoms in total. The van der Waals surface area contributed by atoms with Crippen molar-refractivity contribution in [2.45, 2.75) is 39.2 Å². The summed E-state index contributed by atoms with van der Waals surface area (Å²) in [4.78, 5) is 2.45. The van der Waals surface area contributed by atoms with Crippen LogP contribution >= 0.6 is 0 Å². The van der Waals surface area contributed by atoms with Crippen molar-refractivity contribution in [1.29, 1.82) is 0 Å². The second-order valence-electron chi connectivity index (χ2n) is 6.78. The van der Waals surface area contributed by atoms with Crippen LogP contribution in [0.3, 0.4) is 0 Å². The molecule has 0 radical (unpaired) electrons. The van der Waals surface area contributed by atoms with Crippen LogP contribution in [0.5, 0.6) is 0 Å². The van der Waals surface area contributed by atoms with Gasteiger partial charge in [0.05, 0.1) is 0 Å². The van der Waals surface area contributed by atoms with Crippen LogP contribution in [0.2, 0.25) is 0 Å². The molecule has 0 saturated carbocycles. The van der Waals surface area contributed by atoms with Crippen LogP contribution < -0.4 is 10.6 Å². The van der Waals surface area contributed by atoms with Gasteiger partial charge < -0.3 is 10.6 Å². The third-order valence-corrected chi connectivity index (χ3v) is 4.85. The molecular formula is C20H26N2. The van der Waals surface area contributed by atoms with Gasteiger partial charge in [-0.25, -0.2) is 0 Å². The highest BCUT2D eigenvalue weighted by molar-refractivity contribution is 5.52. The Balaban J connectivity index is 1.85. The summed E-state index contributed by atoms with van der Waals surface area (Å²) in [6.07, 6.45) is 1.07. The van der Waals surface area contributed by atoms with Gasteiger partial charge in [-0.05, 0) is 56.0 Å². The van der Waals surface area contributed by atoms with E-state index in [4.69, 9.17) is 5.73 Å². The van der Waals surface area contributed by atoms with Crippen molar-refractivity contribution in [2.24, 2.45) is 5.73 Å². The van der Waals surface area contributed by atoms with Gasteiger partial charge in [-0.1, -0.05) is 35.9 Å². The van der Waals surface area contributed by atoms with E-state index in [-0.39, 0.29) is 6.04 Å². The van der Waals surface area contributed by atoms with Crippen LogP contribution in [0.1, 0.15) is 34.6 Å². The summed E-state index contributed by atoms with van der Waals surface area (Å²) in [5.41, 5.74) is 13.1. The minimum absolute atomic E-state index is 0.237. The molecule has 2 heteroatoms. The zero-order valence-electron chi connectivity index (χ0n) is 13.8. The topological polar surface area (TPSA) is 29.3 Å². The first-order chi connectivity index (χ1) is 10.5. The van der Waals surface area contributed by atoms with Gasteiger partial charge in [0.15, 0.2) is 0 Å². The lowest BCUT2D eigenvalue weighted by Crippen LogP contribution is -2.46. The van der Waals surface area contributed by atoms with E-state index in [1.165, 1.54) is 27.9 Å². The first-order valence-electron chi connectivity index (χ1n) is 8.17. The second kappa shape index (κ2) is 6.13. The Bertz CT molecular complexity index is 663. The highest BCUT2D eigenvalue weighted by atomic mass is 15.2. The van der Waals surface area contributed by atoms with E-state index in [9.17, 15) is 0 Å². The summed E-state index contributed by atoms with van der Waals surface area (Å²) in [6, 6.07) is 15.8. The van der Waals surface area contributed by atoms with Crippen LogP contribution in [-0.4, -0.2) is 19.1 Å². The van der Waals surface area contributed by atoms with Crippen molar-refractivity contribution in [3.8, 4) is 0 Å². The molecule has 1 aliphatic rings. The van der Waals surface area contributed by atoms with Gasteiger partial charge in [-0.2, -0.15) is 0 Å². The molecule has 0 bridgehead atoms. The van der Waals surface area contributed by atoms with E-state index in [1.54, 1.807) is 0 Å². The fourth-order valence-corrected chi connectivity index (χ4v) is 3.44. The minimum Gasteiger partial charge on any atom is -0.369 e. The molecule has 2 aromatic carbocycles. The number of aryl methyl sites for hydroxylation is 3. The first-order valence-corrected chi connectivity index (χ1v) is 8.17. The van der Waals surface area contributed by atoms with Crippen molar-refractivity contribution in [3.63, 3.8) is 0 Å². The lowest BCUT2D eigenvalue weighted by molar-refractivity contribution is 0.454. The molecule has 0 aromatic heterocycles. The Kier molecular flexibility index (Phi) is 4.21. The third kappa shape index (κ3) is 3.17. The van der Waals surface area contributed by atoms with Gasteiger partial charge in [-0.3, -0.25) is 0 Å². The number of anilines is 1. The lowest BCUT2D eigenvalue weighted by Gasteiger charge is -2.38. The van der Waals surface area contributed by atoms with Gasteiger partial charge in [0, 0.05) is 30.7 Å². The molecule has 2 N–H and O–H groups in total. The number of rotatable bonds is 2. The Morgan fingerprint density at radius 2 is 1.77 bits per heavy atom. The molecule has 3 rings (SSSR count). The van der Waals surface area contributed by atoms with Crippen molar-refractivity contribution < 1.29 is 0 Å². The molecule has 0 spiro atoms. The van der Waals surface area contributed by atoms with Crippen molar-refractivity contribution in [3.05, 3.63) is 64.7 Å². The number of hydrogen-bond acceptors (Lipinski definition) is 2. The summed E-state index contributed by atoms with van der Waals surface area (Å²) < 4.78 is 0. The summed E-state index contributed by atoms with van der Waals surface area (Å²) >= 11 is 0. The molecule has 22 heavy (non-hydrogen) atoms. The van der Waals surface area contributed by atoms with E-state index in [2.05, 4.69) is 68.1 Å². The molecule has 2 atom stereocenters. The van der Waals surface area contributed by atoms with Crippen LogP contribution in [0.15, 0.2) is 42.5 Å². The van der Waals surface area contributed by atoms with E-state index >= 15 is 0 Å². The van der Waals surface area contributed by atoms with Crippen LogP contribution in [-0.2, 0) is 0 Å². The number of piperidine rings is 1. The molecule has 2 aromatic rings. The monoisotopic (exact) mass is 294 g/mol. The van der Waals surface area contributed by atoms with Crippen LogP contribution in [0.4, 0.5) is 5.69 Å². The summed E-state index contributed by atoms with van der Waals surface area (Å²) in [6.45, 7) is 8.51. The summed E-state index contributed by atoms with van der Waals surface area (Å²) in [7, 11) is 0. The van der Waals surface area contributed by atoms with Crippen LogP contribution in [0.25, 0.3) is 0 Å². The van der Waals surface area contributed by atoms with Crippen LogP contribution in [0, 0.1) is 20.8 Å². The zero-order valence-corrected chi connectivity index (χ0v) is 13.8. The van der Waals surface area contributed by atoms with Crippen molar-refractivity contribution in [2.75, 3.05) is 18.0 Å². The molecular weight excluding hydrogens is 268 g/mol. The molecule has 1 heterocycles. The average molecular weight is 294 g/mol. The second-order valence-corrected chi connectivity index (χ2v) is 6.78. The first kappa shape index (κ1) is 15.1.